The molecule has 0 radical (unpaired) electrons. The van der Waals surface area contributed by atoms with Gasteiger partial charge in [0.1, 0.15) is 0 Å². The van der Waals surface area contributed by atoms with Gasteiger partial charge in [-0.2, -0.15) is 0 Å². The van der Waals surface area contributed by atoms with E-state index in [1.54, 1.807) is 11.0 Å². The number of aliphatic carboxylic acids is 1. The number of carboxylic acid groups (broad SMARTS) is 1. The topological polar surface area (TPSA) is 87.2 Å². The van der Waals surface area contributed by atoms with Crippen LogP contribution >= 0.6 is 0 Å². The van der Waals surface area contributed by atoms with Crippen LogP contribution in [0, 0.1) is 5.92 Å². The summed E-state index contributed by atoms with van der Waals surface area (Å²) < 4.78 is 5.50. The Labute approximate surface area is 195 Å². The number of carbonyl (C=O) groups is 3. The van der Waals surface area contributed by atoms with Gasteiger partial charge in [-0.15, -0.1) is 6.58 Å². The first-order valence-corrected chi connectivity index (χ1v) is 11.7. The van der Waals surface area contributed by atoms with Crippen molar-refractivity contribution in [1.82, 2.24) is 0 Å². The van der Waals surface area contributed by atoms with Crippen LogP contribution in [-0.4, -0.2) is 41.8 Å². The number of carbonyl (C=O) groups excluding carboxylic acids is 2. The van der Waals surface area contributed by atoms with Crippen molar-refractivity contribution in [3.8, 4) is 0 Å². The summed E-state index contributed by atoms with van der Waals surface area (Å²) in [4.78, 5) is 40.3. The van der Waals surface area contributed by atoms with Crippen LogP contribution in [0.5, 0.6) is 0 Å². The van der Waals surface area contributed by atoms with E-state index < -0.39 is 12.1 Å². The van der Waals surface area contributed by atoms with Crippen molar-refractivity contribution < 1.29 is 24.2 Å². The van der Waals surface area contributed by atoms with E-state index in [-0.39, 0.29) is 36.3 Å². The molecule has 1 aliphatic heterocycles. The molecule has 1 fully saturated rings. The Morgan fingerprint density at radius 1 is 1.18 bits per heavy atom. The van der Waals surface area contributed by atoms with Gasteiger partial charge in [0.25, 0.3) is 0 Å². The number of hydrogen-bond donors (Lipinski definition) is 1. The van der Waals surface area contributed by atoms with Gasteiger partial charge >= 0.3 is 12.1 Å². The number of fused-ring (bicyclic) bond motifs is 1. The summed E-state index contributed by atoms with van der Waals surface area (Å²) in [5, 5.41) is 8.86. The van der Waals surface area contributed by atoms with Crippen LogP contribution in [0.25, 0.3) is 0 Å². The highest BCUT2D eigenvalue weighted by atomic mass is 16.6. The molecular formula is C26H34N2O5. The molecule has 1 aromatic carbocycles. The van der Waals surface area contributed by atoms with Crippen LogP contribution in [0.2, 0.25) is 0 Å². The molecule has 2 atom stereocenters. The number of amides is 2. The van der Waals surface area contributed by atoms with E-state index in [9.17, 15) is 14.4 Å². The van der Waals surface area contributed by atoms with Crippen molar-refractivity contribution in [3.63, 3.8) is 0 Å². The summed E-state index contributed by atoms with van der Waals surface area (Å²) >= 11 is 0. The molecule has 7 nitrogen and oxygen atoms in total. The minimum atomic E-state index is -0.867. The van der Waals surface area contributed by atoms with Gasteiger partial charge < -0.3 is 14.7 Å². The second-order valence-corrected chi connectivity index (χ2v) is 9.15. The Morgan fingerprint density at radius 3 is 2.52 bits per heavy atom. The second-order valence-electron chi connectivity index (χ2n) is 9.15. The molecule has 2 unspecified atom stereocenters. The maximum Gasteiger partial charge on any atom is 0.414 e. The summed E-state index contributed by atoms with van der Waals surface area (Å²) in [5.41, 5.74) is 2.41. The Bertz CT molecular complexity index is 935. The van der Waals surface area contributed by atoms with Crippen LogP contribution < -0.4 is 9.80 Å². The number of allylic oxidation sites excluding steroid dienone is 2. The number of hydrogen-bond acceptors (Lipinski definition) is 4. The van der Waals surface area contributed by atoms with Crippen LogP contribution in [0.3, 0.4) is 0 Å². The lowest BCUT2D eigenvalue weighted by Gasteiger charge is -2.41. The monoisotopic (exact) mass is 454 g/mol. The summed E-state index contributed by atoms with van der Waals surface area (Å²) in [5.74, 6) is -0.600. The SMILES string of the molecule is C=CCC(CC=CCC(=O)O)c1ccc2c(c1)N(C(=O)OC(C)C)CC(C)N2C(=O)C1CC1. The first-order chi connectivity index (χ1) is 15.7. The Hall–Kier alpha value is -3.09. The molecule has 0 spiro atoms. The molecule has 2 aliphatic rings. The second kappa shape index (κ2) is 10.7. The highest BCUT2D eigenvalue weighted by Crippen LogP contribution is 2.42. The largest absolute Gasteiger partial charge is 0.481 e. The molecule has 0 aromatic heterocycles. The minimum Gasteiger partial charge on any atom is -0.481 e. The van der Waals surface area contributed by atoms with E-state index in [2.05, 4.69) is 6.58 Å². The first kappa shape index (κ1) is 24.6. The third-order valence-electron chi connectivity index (χ3n) is 5.96. The molecule has 0 saturated heterocycles. The van der Waals surface area contributed by atoms with Crippen LogP contribution in [0.1, 0.15) is 64.4 Å². The average molecular weight is 455 g/mol. The molecule has 0 bridgehead atoms. The molecule has 1 aliphatic carbocycles. The van der Waals surface area contributed by atoms with Crippen LogP contribution in [-0.2, 0) is 14.3 Å². The Balaban J connectivity index is 1.97. The molecule has 178 valence electrons. The molecule has 1 heterocycles. The minimum absolute atomic E-state index is 0.0179. The quantitative estimate of drug-likeness (QED) is 0.514. The van der Waals surface area contributed by atoms with Crippen molar-refractivity contribution in [1.29, 1.82) is 0 Å². The highest BCUT2D eigenvalue weighted by molar-refractivity contribution is 6.04. The fourth-order valence-electron chi connectivity index (χ4n) is 4.21. The summed E-state index contributed by atoms with van der Waals surface area (Å²) in [6.07, 6.45) is 7.86. The number of benzene rings is 1. The zero-order chi connectivity index (χ0) is 24.1. The lowest BCUT2D eigenvalue weighted by Crippen LogP contribution is -2.52. The van der Waals surface area contributed by atoms with E-state index in [0.29, 0.717) is 25.1 Å². The van der Waals surface area contributed by atoms with Crippen molar-refractivity contribution in [2.75, 3.05) is 16.3 Å². The summed E-state index contributed by atoms with van der Waals surface area (Å²) in [6, 6.07) is 5.73. The summed E-state index contributed by atoms with van der Waals surface area (Å²) in [7, 11) is 0. The maximum atomic E-state index is 13.1. The van der Waals surface area contributed by atoms with Gasteiger partial charge in [-0.25, -0.2) is 4.79 Å². The summed E-state index contributed by atoms with van der Waals surface area (Å²) in [6.45, 7) is 9.82. The third kappa shape index (κ3) is 6.03. The van der Waals surface area contributed by atoms with Gasteiger partial charge in [-0.3, -0.25) is 14.5 Å². The lowest BCUT2D eigenvalue weighted by atomic mass is 9.90. The molecule has 33 heavy (non-hydrogen) atoms. The Morgan fingerprint density at radius 2 is 1.91 bits per heavy atom. The van der Waals surface area contributed by atoms with Gasteiger partial charge in [-0.05, 0) is 70.1 Å². The molecule has 1 saturated carbocycles. The van der Waals surface area contributed by atoms with E-state index in [0.717, 1.165) is 24.1 Å². The van der Waals surface area contributed by atoms with E-state index in [1.165, 1.54) is 0 Å². The maximum absolute atomic E-state index is 13.1. The van der Waals surface area contributed by atoms with E-state index in [1.807, 2.05) is 56.0 Å². The predicted octanol–water partition coefficient (Wildman–Crippen LogP) is 5.26. The van der Waals surface area contributed by atoms with E-state index in [4.69, 9.17) is 9.84 Å². The Kier molecular flexibility index (Phi) is 7.95. The van der Waals surface area contributed by atoms with Gasteiger partial charge in [0.05, 0.1) is 29.9 Å². The predicted molar refractivity (Wildman–Crippen MR) is 129 cm³/mol. The molecule has 7 heteroatoms. The standard InChI is InChI=1S/C26H34N2O5/c1-5-8-19(9-6-7-10-24(29)30)21-13-14-22-23(15-21)27(26(32)33-17(2)3)16-18(4)28(22)25(31)20-11-12-20/h5-7,13-15,17-20H,1,8-12,16H2,2-4H3,(H,29,30). The molecule has 1 aromatic rings. The zero-order valence-corrected chi connectivity index (χ0v) is 19.7. The zero-order valence-electron chi connectivity index (χ0n) is 19.7. The number of ether oxygens (including phenoxy) is 1. The van der Waals surface area contributed by atoms with Gasteiger partial charge in [0.2, 0.25) is 5.91 Å². The molecule has 1 N–H and O–H groups in total. The highest BCUT2D eigenvalue weighted by Gasteiger charge is 2.41. The lowest BCUT2D eigenvalue weighted by molar-refractivity contribution is -0.136. The average Bonchev–Trinajstić information content (AvgIpc) is 3.59. The van der Waals surface area contributed by atoms with Crippen molar-refractivity contribution in [3.05, 3.63) is 48.6 Å². The number of rotatable bonds is 9. The van der Waals surface area contributed by atoms with Crippen molar-refractivity contribution in [2.24, 2.45) is 5.92 Å². The first-order valence-electron chi connectivity index (χ1n) is 11.7. The van der Waals surface area contributed by atoms with Crippen LogP contribution in [0.15, 0.2) is 43.0 Å². The van der Waals surface area contributed by atoms with Gasteiger partial charge in [-0.1, -0.05) is 24.3 Å². The normalized spacial score (nSPS) is 18.8. The fourth-order valence-corrected chi connectivity index (χ4v) is 4.21. The third-order valence-corrected chi connectivity index (χ3v) is 5.96. The van der Waals surface area contributed by atoms with E-state index >= 15 is 0 Å². The number of anilines is 2. The van der Waals surface area contributed by atoms with Crippen molar-refractivity contribution in [2.45, 2.75) is 70.9 Å². The van der Waals surface area contributed by atoms with Crippen LogP contribution in [0.4, 0.5) is 16.2 Å². The smallest absolute Gasteiger partial charge is 0.414 e. The number of nitrogens with zero attached hydrogens (tertiary/aromatic N) is 2. The fraction of sp³-hybridized carbons (Fsp3) is 0.500. The van der Waals surface area contributed by atoms with Gasteiger partial charge in [0.15, 0.2) is 0 Å². The molecule has 2 amide bonds. The number of carboxylic acids is 1. The molecular weight excluding hydrogens is 420 g/mol. The van der Waals surface area contributed by atoms with Gasteiger partial charge in [0, 0.05) is 12.5 Å². The van der Waals surface area contributed by atoms with Crippen molar-refractivity contribution >= 4 is 29.3 Å². The molecule has 3 rings (SSSR count).